The molecule has 5 rings (SSSR count). The van der Waals surface area contributed by atoms with Crippen molar-refractivity contribution in [3.63, 3.8) is 0 Å². The second-order valence-electron chi connectivity index (χ2n) is 9.96. The summed E-state index contributed by atoms with van der Waals surface area (Å²) in [6.45, 7) is 5.88. The smallest absolute Gasteiger partial charge is 0.490 e. The standard InChI is InChI=1S/C26H31FN2O3.C2HF3O2/c27-20-5-10-24-23(19-20)25(30)32-26(24)11-16-29(17-12-26)21-6-8-22(9-7-21)31-18-4-15-28-13-2-1-3-14-28;3-2(4,5)1(6)7/h5-10,19H,1-4,11-18H2;(H,6,7). The Morgan fingerprint density at radius 2 is 1.64 bits per heavy atom. The minimum Gasteiger partial charge on any atom is -0.494 e. The summed E-state index contributed by atoms with van der Waals surface area (Å²) in [6, 6.07) is 12.7. The van der Waals surface area contributed by atoms with E-state index in [0.29, 0.717) is 18.4 Å². The van der Waals surface area contributed by atoms with Crippen LogP contribution in [0.25, 0.3) is 0 Å². The Bertz CT molecular complexity index is 1140. The number of anilines is 1. The maximum atomic E-state index is 13.6. The largest absolute Gasteiger partial charge is 0.494 e. The summed E-state index contributed by atoms with van der Waals surface area (Å²) in [5, 5.41) is 7.12. The number of rotatable bonds is 6. The zero-order valence-electron chi connectivity index (χ0n) is 21.5. The van der Waals surface area contributed by atoms with E-state index in [2.05, 4.69) is 21.9 Å². The molecule has 3 aliphatic heterocycles. The van der Waals surface area contributed by atoms with Gasteiger partial charge in [-0.1, -0.05) is 12.5 Å². The van der Waals surface area contributed by atoms with Crippen molar-refractivity contribution in [2.24, 2.45) is 0 Å². The number of carboxylic acids is 1. The molecule has 0 saturated carbocycles. The third kappa shape index (κ3) is 7.20. The van der Waals surface area contributed by atoms with Crippen LogP contribution in [-0.4, -0.2) is 67.5 Å². The first-order chi connectivity index (χ1) is 18.6. The number of nitrogens with zero attached hydrogens (tertiary/aromatic N) is 2. The maximum Gasteiger partial charge on any atom is 0.490 e. The third-order valence-electron chi connectivity index (χ3n) is 7.33. The van der Waals surface area contributed by atoms with Gasteiger partial charge in [0.25, 0.3) is 0 Å². The van der Waals surface area contributed by atoms with Crippen molar-refractivity contribution in [2.45, 2.75) is 50.3 Å². The van der Waals surface area contributed by atoms with Crippen molar-refractivity contribution < 1.29 is 41.7 Å². The highest BCUT2D eigenvalue weighted by atomic mass is 19.4. The molecule has 2 aromatic carbocycles. The number of halogens is 4. The van der Waals surface area contributed by atoms with E-state index in [0.717, 1.165) is 49.7 Å². The van der Waals surface area contributed by atoms with E-state index in [1.165, 1.54) is 44.5 Å². The highest BCUT2D eigenvalue weighted by molar-refractivity contribution is 5.94. The summed E-state index contributed by atoms with van der Waals surface area (Å²) in [5.74, 6) is -2.66. The minimum atomic E-state index is -5.08. The first kappa shape index (κ1) is 28.7. The number of ether oxygens (including phenoxy) is 2. The zero-order valence-corrected chi connectivity index (χ0v) is 21.5. The van der Waals surface area contributed by atoms with Gasteiger partial charge < -0.3 is 24.4 Å². The molecule has 3 heterocycles. The molecule has 0 aliphatic carbocycles. The molecule has 2 aromatic rings. The van der Waals surface area contributed by atoms with Gasteiger partial charge in [-0.2, -0.15) is 13.2 Å². The van der Waals surface area contributed by atoms with Gasteiger partial charge in [-0.05, 0) is 68.8 Å². The number of carboxylic acid groups (broad SMARTS) is 1. The molecule has 0 radical (unpaired) electrons. The Balaban J connectivity index is 0.000000448. The topological polar surface area (TPSA) is 79.3 Å². The van der Waals surface area contributed by atoms with Gasteiger partial charge in [-0.3, -0.25) is 0 Å². The van der Waals surface area contributed by atoms with Gasteiger partial charge in [0, 0.05) is 43.7 Å². The summed E-state index contributed by atoms with van der Waals surface area (Å²) in [4.78, 5) is 26.0. The fraction of sp³-hybridized carbons (Fsp3) is 0.500. The van der Waals surface area contributed by atoms with Crippen LogP contribution in [0.1, 0.15) is 54.4 Å². The van der Waals surface area contributed by atoms with Gasteiger partial charge in [0.15, 0.2) is 0 Å². The average molecular weight is 553 g/mol. The monoisotopic (exact) mass is 552 g/mol. The molecular weight excluding hydrogens is 520 g/mol. The zero-order chi connectivity index (χ0) is 28.0. The number of likely N-dealkylation sites (tertiary alicyclic amines) is 1. The van der Waals surface area contributed by atoms with Gasteiger partial charge in [-0.15, -0.1) is 0 Å². The number of esters is 1. The SMILES string of the molecule is O=C(O)C(F)(F)F.O=C1OC2(CCN(c3ccc(OCCCN4CCCCC4)cc3)CC2)c2ccc(F)cc21. The fourth-order valence-corrected chi connectivity index (χ4v) is 5.28. The molecule has 0 amide bonds. The lowest BCUT2D eigenvalue weighted by Gasteiger charge is -2.39. The van der Waals surface area contributed by atoms with Crippen LogP contribution in [0.15, 0.2) is 42.5 Å². The number of hydrogen-bond acceptors (Lipinski definition) is 6. The predicted octanol–water partition coefficient (Wildman–Crippen LogP) is 5.38. The number of carbonyl (C=O) groups excluding carboxylic acids is 1. The van der Waals surface area contributed by atoms with Crippen LogP contribution in [-0.2, 0) is 15.1 Å². The van der Waals surface area contributed by atoms with Gasteiger partial charge in [0.2, 0.25) is 0 Å². The first-order valence-corrected chi connectivity index (χ1v) is 13.1. The van der Waals surface area contributed by atoms with Crippen molar-refractivity contribution in [2.75, 3.05) is 44.2 Å². The Morgan fingerprint density at radius 3 is 2.26 bits per heavy atom. The van der Waals surface area contributed by atoms with Gasteiger partial charge in [-0.25, -0.2) is 14.0 Å². The lowest BCUT2D eigenvalue weighted by molar-refractivity contribution is -0.192. The fourth-order valence-electron chi connectivity index (χ4n) is 5.28. The van der Waals surface area contributed by atoms with Crippen molar-refractivity contribution in [1.29, 1.82) is 0 Å². The van der Waals surface area contributed by atoms with Crippen molar-refractivity contribution in [3.05, 3.63) is 59.4 Å². The molecule has 1 spiro atoms. The molecule has 212 valence electrons. The number of benzene rings is 2. The van der Waals surface area contributed by atoms with E-state index < -0.39 is 29.5 Å². The Morgan fingerprint density at radius 1 is 1.00 bits per heavy atom. The van der Waals surface area contributed by atoms with Crippen LogP contribution in [0.3, 0.4) is 0 Å². The van der Waals surface area contributed by atoms with Crippen LogP contribution in [0.5, 0.6) is 5.75 Å². The molecule has 2 fully saturated rings. The molecule has 0 aromatic heterocycles. The van der Waals surface area contributed by atoms with Gasteiger partial charge >= 0.3 is 18.1 Å². The number of hydrogen-bond donors (Lipinski definition) is 1. The Labute approximate surface area is 224 Å². The predicted molar refractivity (Wildman–Crippen MR) is 135 cm³/mol. The Kier molecular flexibility index (Phi) is 8.99. The van der Waals surface area contributed by atoms with E-state index >= 15 is 0 Å². The maximum absolute atomic E-state index is 13.6. The van der Waals surface area contributed by atoms with Crippen molar-refractivity contribution >= 4 is 17.6 Å². The molecule has 3 aliphatic rings. The number of alkyl halides is 3. The minimum absolute atomic E-state index is 0.375. The molecule has 0 atom stereocenters. The van der Waals surface area contributed by atoms with Gasteiger partial charge in [0.05, 0.1) is 12.2 Å². The van der Waals surface area contributed by atoms with Crippen LogP contribution in [0, 0.1) is 5.82 Å². The molecular formula is C28H32F4N2O5. The number of fused-ring (bicyclic) bond motifs is 2. The lowest BCUT2D eigenvalue weighted by atomic mass is 9.83. The summed E-state index contributed by atoms with van der Waals surface area (Å²) < 4.78 is 57.0. The summed E-state index contributed by atoms with van der Waals surface area (Å²) >= 11 is 0. The van der Waals surface area contributed by atoms with Crippen LogP contribution < -0.4 is 9.64 Å². The van der Waals surface area contributed by atoms with E-state index in [1.54, 1.807) is 6.07 Å². The lowest BCUT2D eigenvalue weighted by Crippen LogP contribution is -2.42. The van der Waals surface area contributed by atoms with Gasteiger partial charge in [0.1, 0.15) is 17.2 Å². The molecule has 7 nitrogen and oxygen atoms in total. The van der Waals surface area contributed by atoms with E-state index in [1.807, 2.05) is 12.1 Å². The number of aliphatic carboxylic acids is 1. The third-order valence-corrected chi connectivity index (χ3v) is 7.33. The second kappa shape index (κ2) is 12.2. The molecule has 39 heavy (non-hydrogen) atoms. The normalized spacial score (nSPS) is 18.7. The average Bonchev–Trinajstić information content (AvgIpc) is 3.18. The molecule has 0 unspecified atom stereocenters. The quantitative estimate of drug-likeness (QED) is 0.293. The van der Waals surface area contributed by atoms with Crippen LogP contribution in [0.4, 0.5) is 23.2 Å². The summed E-state index contributed by atoms with van der Waals surface area (Å²) in [6.07, 6.45) is 1.40. The molecule has 1 N–H and O–H groups in total. The van der Waals surface area contributed by atoms with Crippen molar-refractivity contribution in [3.8, 4) is 5.75 Å². The van der Waals surface area contributed by atoms with Crippen LogP contribution in [0.2, 0.25) is 0 Å². The molecule has 11 heteroatoms. The summed E-state index contributed by atoms with van der Waals surface area (Å²) in [7, 11) is 0. The molecule has 0 bridgehead atoms. The Hall–Kier alpha value is -3.34. The highest BCUT2D eigenvalue weighted by Gasteiger charge is 2.47. The van der Waals surface area contributed by atoms with E-state index in [9.17, 15) is 22.4 Å². The van der Waals surface area contributed by atoms with Crippen LogP contribution >= 0.6 is 0 Å². The van der Waals surface area contributed by atoms with E-state index in [-0.39, 0.29) is 0 Å². The number of carbonyl (C=O) groups is 2. The highest BCUT2D eigenvalue weighted by Crippen LogP contribution is 2.45. The van der Waals surface area contributed by atoms with Crippen molar-refractivity contribution in [1.82, 2.24) is 4.90 Å². The van der Waals surface area contributed by atoms with E-state index in [4.69, 9.17) is 19.4 Å². The second-order valence-corrected chi connectivity index (χ2v) is 9.96. The summed E-state index contributed by atoms with van der Waals surface area (Å²) in [5.41, 5.74) is 1.73. The first-order valence-electron chi connectivity index (χ1n) is 13.1. The molecule has 2 saturated heterocycles. The number of piperidine rings is 2.